The van der Waals surface area contributed by atoms with Gasteiger partial charge in [-0.3, -0.25) is 14.5 Å². The minimum Gasteiger partial charge on any atom is -0.468 e. The van der Waals surface area contributed by atoms with Crippen molar-refractivity contribution in [3.8, 4) is 0 Å². The minimum absolute atomic E-state index is 0.0157. The van der Waals surface area contributed by atoms with Gasteiger partial charge in [-0.2, -0.15) is 0 Å². The Bertz CT molecular complexity index is 553. The van der Waals surface area contributed by atoms with Gasteiger partial charge in [0, 0.05) is 5.02 Å². The summed E-state index contributed by atoms with van der Waals surface area (Å²) in [6.45, 7) is 0.651. The lowest BCUT2D eigenvalue weighted by Crippen LogP contribution is -2.41. The number of halogens is 2. The van der Waals surface area contributed by atoms with Gasteiger partial charge in [0.05, 0.1) is 19.3 Å². The second kappa shape index (κ2) is 6.87. The molecule has 5 nitrogen and oxygen atoms in total. The Kier molecular flexibility index (Phi) is 5.14. The summed E-state index contributed by atoms with van der Waals surface area (Å²) >= 11 is 5.65. The van der Waals surface area contributed by atoms with Crippen LogP contribution in [0.2, 0.25) is 5.02 Å². The molecule has 2 rings (SSSR count). The molecule has 0 radical (unpaired) electrons. The molecule has 1 heterocycles. The summed E-state index contributed by atoms with van der Waals surface area (Å²) in [5.41, 5.74) is 0.0678. The highest BCUT2D eigenvalue weighted by Crippen LogP contribution is 2.20. The SMILES string of the molecule is COC(=O)C1CCCN1CC(=O)Nc1ccc(Cl)cc1F. The van der Waals surface area contributed by atoms with Crippen LogP contribution in [-0.2, 0) is 14.3 Å². The first-order chi connectivity index (χ1) is 10.0. The molecule has 1 aliphatic heterocycles. The lowest BCUT2D eigenvalue weighted by atomic mass is 10.2. The summed E-state index contributed by atoms with van der Waals surface area (Å²) in [7, 11) is 1.32. The summed E-state index contributed by atoms with van der Waals surface area (Å²) in [6.07, 6.45) is 1.48. The van der Waals surface area contributed by atoms with Crippen LogP contribution in [0.3, 0.4) is 0 Å². The first-order valence-corrected chi connectivity index (χ1v) is 6.96. The molecule has 7 heteroatoms. The molecule has 1 aromatic carbocycles. The van der Waals surface area contributed by atoms with E-state index in [0.29, 0.717) is 13.0 Å². The molecule has 1 aromatic rings. The van der Waals surface area contributed by atoms with Gasteiger partial charge in [0.1, 0.15) is 11.9 Å². The van der Waals surface area contributed by atoms with Crippen molar-refractivity contribution in [3.05, 3.63) is 29.0 Å². The van der Waals surface area contributed by atoms with Crippen LogP contribution < -0.4 is 5.32 Å². The number of methoxy groups -OCH3 is 1. The van der Waals surface area contributed by atoms with Crippen molar-refractivity contribution in [2.24, 2.45) is 0 Å². The van der Waals surface area contributed by atoms with E-state index < -0.39 is 11.9 Å². The Hall–Kier alpha value is -1.66. The number of benzene rings is 1. The van der Waals surface area contributed by atoms with Gasteiger partial charge < -0.3 is 10.1 Å². The van der Waals surface area contributed by atoms with E-state index >= 15 is 0 Å². The number of amides is 1. The highest BCUT2D eigenvalue weighted by molar-refractivity contribution is 6.30. The van der Waals surface area contributed by atoms with Crippen molar-refractivity contribution >= 4 is 29.2 Å². The average molecular weight is 315 g/mol. The smallest absolute Gasteiger partial charge is 0.323 e. The summed E-state index contributed by atoms with van der Waals surface area (Å²) < 4.78 is 18.3. The molecule has 1 unspecified atom stereocenters. The average Bonchev–Trinajstić information content (AvgIpc) is 2.89. The Labute approximate surface area is 127 Å². The maximum Gasteiger partial charge on any atom is 0.323 e. The van der Waals surface area contributed by atoms with Gasteiger partial charge in [-0.25, -0.2) is 4.39 Å². The molecule has 114 valence electrons. The molecule has 1 saturated heterocycles. The van der Waals surface area contributed by atoms with Gasteiger partial charge >= 0.3 is 5.97 Å². The predicted molar refractivity (Wildman–Crippen MR) is 76.7 cm³/mol. The molecule has 1 amide bonds. The zero-order valence-corrected chi connectivity index (χ0v) is 12.3. The van der Waals surface area contributed by atoms with Gasteiger partial charge in [0.15, 0.2) is 0 Å². The number of hydrogen-bond acceptors (Lipinski definition) is 4. The molecule has 0 bridgehead atoms. The maximum absolute atomic E-state index is 13.6. The number of hydrogen-bond donors (Lipinski definition) is 1. The Morgan fingerprint density at radius 3 is 2.95 bits per heavy atom. The fraction of sp³-hybridized carbons (Fsp3) is 0.429. The number of esters is 1. The van der Waals surface area contributed by atoms with Crippen molar-refractivity contribution in [3.63, 3.8) is 0 Å². The lowest BCUT2D eigenvalue weighted by Gasteiger charge is -2.21. The molecular weight excluding hydrogens is 299 g/mol. The maximum atomic E-state index is 13.6. The second-order valence-corrected chi connectivity index (χ2v) is 5.26. The lowest BCUT2D eigenvalue weighted by molar-refractivity contribution is -0.146. The second-order valence-electron chi connectivity index (χ2n) is 4.82. The number of carbonyl (C=O) groups is 2. The number of likely N-dealkylation sites (tertiary alicyclic amines) is 1. The molecule has 1 aliphatic rings. The fourth-order valence-electron chi connectivity index (χ4n) is 2.38. The van der Waals surface area contributed by atoms with Crippen molar-refractivity contribution in [1.82, 2.24) is 4.90 Å². The summed E-state index contributed by atoms with van der Waals surface area (Å²) in [5, 5.41) is 2.74. The van der Waals surface area contributed by atoms with E-state index in [2.05, 4.69) is 5.32 Å². The predicted octanol–water partition coefficient (Wildman–Crippen LogP) is 2.05. The van der Waals surface area contributed by atoms with Gasteiger partial charge in [0.2, 0.25) is 5.91 Å². The van der Waals surface area contributed by atoms with E-state index in [9.17, 15) is 14.0 Å². The van der Waals surface area contributed by atoms with Crippen LogP contribution in [0.1, 0.15) is 12.8 Å². The standard InChI is InChI=1S/C14H16ClFN2O3/c1-21-14(20)12-3-2-6-18(12)8-13(19)17-11-5-4-9(15)7-10(11)16/h4-5,7,12H,2-3,6,8H2,1H3,(H,17,19). The van der Waals surface area contributed by atoms with E-state index in [1.54, 1.807) is 4.90 Å². The van der Waals surface area contributed by atoms with Crippen LogP contribution in [0.15, 0.2) is 18.2 Å². The van der Waals surface area contributed by atoms with Crippen molar-refractivity contribution < 1.29 is 18.7 Å². The molecule has 0 saturated carbocycles. The van der Waals surface area contributed by atoms with E-state index in [4.69, 9.17) is 16.3 Å². The van der Waals surface area contributed by atoms with Crippen molar-refractivity contribution in [2.45, 2.75) is 18.9 Å². The number of ether oxygens (including phenoxy) is 1. The van der Waals surface area contributed by atoms with Gasteiger partial charge in [0.25, 0.3) is 0 Å². The summed E-state index contributed by atoms with van der Waals surface area (Å²) in [6, 6.07) is 3.62. The number of nitrogens with zero attached hydrogens (tertiary/aromatic N) is 1. The highest BCUT2D eigenvalue weighted by atomic mass is 35.5. The normalized spacial score (nSPS) is 18.5. The Morgan fingerprint density at radius 2 is 2.29 bits per heavy atom. The zero-order valence-electron chi connectivity index (χ0n) is 11.6. The zero-order chi connectivity index (χ0) is 15.4. The highest BCUT2D eigenvalue weighted by Gasteiger charge is 2.32. The van der Waals surface area contributed by atoms with Crippen LogP contribution in [-0.4, -0.2) is 43.0 Å². The van der Waals surface area contributed by atoms with Crippen LogP contribution in [0.4, 0.5) is 10.1 Å². The monoisotopic (exact) mass is 314 g/mol. The molecule has 0 spiro atoms. The molecule has 0 aliphatic carbocycles. The van der Waals surface area contributed by atoms with Crippen LogP contribution in [0.25, 0.3) is 0 Å². The molecule has 21 heavy (non-hydrogen) atoms. The third-order valence-electron chi connectivity index (χ3n) is 3.39. The van der Waals surface area contributed by atoms with E-state index in [-0.39, 0.29) is 29.1 Å². The molecule has 1 N–H and O–H groups in total. The Balaban J connectivity index is 1.96. The van der Waals surface area contributed by atoms with Crippen LogP contribution in [0, 0.1) is 5.82 Å². The van der Waals surface area contributed by atoms with E-state index in [0.717, 1.165) is 12.5 Å². The first-order valence-electron chi connectivity index (χ1n) is 6.58. The van der Waals surface area contributed by atoms with Gasteiger partial charge in [-0.05, 0) is 37.6 Å². The third-order valence-corrected chi connectivity index (χ3v) is 3.62. The molecule has 1 atom stereocenters. The number of carbonyl (C=O) groups excluding carboxylic acids is 2. The largest absolute Gasteiger partial charge is 0.468 e. The molecular formula is C14H16ClFN2O3. The number of anilines is 1. The molecule has 1 fully saturated rings. The minimum atomic E-state index is -0.596. The van der Waals surface area contributed by atoms with Crippen LogP contribution >= 0.6 is 11.6 Å². The fourth-order valence-corrected chi connectivity index (χ4v) is 2.54. The van der Waals surface area contributed by atoms with Gasteiger partial charge in [-0.1, -0.05) is 11.6 Å². The summed E-state index contributed by atoms with van der Waals surface area (Å²) in [4.78, 5) is 25.3. The van der Waals surface area contributed by atoms with Crippen molar-refractivity contribution in [2.75, 3.05) is 25.5 Å². The van der Waals surface area contributed by atoms with E-state index in [1.807, 2.05) is 0 Å². The third kappa shape index (κ3) is 3.92. The number of rotatable bonds is 4. The quantitative estimate of drug-likeness (QED) is 0.864. The summed E-state index contributed by atoms with van der Waals surface area (Å²) in [5.74, 6) is -1.33. The van der Waals surface area contributed by atoms with E-state index in [1.165, 1.54) is 19.2 Å². The van der Waals surface area contributed by atoms with Crippen molar-refractivity contribution in [1.29, 1.82) is 0 Å². The number of nitrogens with one attached hydrogen (secondary N) is 1. The topological polar surface area (TPSA) is 58.6 Å². The van der Waals surface area contributed by atoms with Gasteiger partial charge in [-0.15, -0.1) is 0 Å². The Morgan fingerprint density at radius 1 is 1.52 bits per heavy atom. The van der Waals surface area contributed by atoms with Crippen LogP contribution in [0.5, 0.6) is 0 Å². The first kappa shape index (κ1) is 15.7. The molecule has 0 aromatic heterocycles.